The van der Waals surface area contributed by atoms with Gasteiger partial charge in [-0.3, -0.25) is 53.0 Å². The molecule has 5 aromatic carbocycles. The van der Waals surface area contributed by atoms with Crippen LogP contribution in [-0.2, 0) is 85.2 Å². The van der Waals surface area contributed by atoms with E-state index in [1.165, 1.54) is 72.8 Å². The number of ether oxygens (including phenoxy) is 13. The molecule has 5 amide bonds. The lowest BCUT2D eigenvalue weighted by Crippen LogP contribution is -2.72. The van der Waals surface area contributed by atoms with Crippen LogP contribution in [0.2, 0.25) is 5.04 Å². The van der Waals surface area contributed by atoms with Crippen molar-refractivity contribution in [2.24, 2.45) is 5.73 Å². The molecule has 2 N–H and O–H groups in total. The Balaban J connectivity index is 1.22. The molecule has 0 aliphatic carbocycles. The molecule has 1 unspecified atom stereocenters. The summed E-state index contributed by atoms with van der Waals surface area (Å²) in [7, 11) is -3.81. The molecule has 0 radical (unpaired) electrons. The number of benzene rings is 5. The van der Waals surface area contributed by atoms with Gasteiger partial charge in [-0.05, 0) is 51.8 Å². The van der Waals surface area contributed by atoms with Gasteiger partial charge in [0.1, 0.15) is 48.9 Å². The summed E-state index contributed by atoms with van der Waals surface area (Å²) in [6, 6.07) is 33.7. The van der Waals surface area contributed by atoms with Gasteiger partial charge < -0.3 is 71.7 Å². The molecule has 5 aliphatic heterocycles. The Bertz CT molecular complexity index is 3740. The monoisotopic (exact) mass is 1380 g/mol. The SMILES string of the molecule is C=CCO[C@H]1OC([C@H](OCC=C)C(N)=O)[C@H](OC(=O)Oc2ccccc2)[C@H]1O[C@@H]1O[C@H](CO[Si](c2ccccc2)(c2ccccc2)C(C)(C)C)[C@@H](O[C@@H]2O[C@H](COC(C)=O)[C@@H](OC(C)=O)[C@H](OC(C)=O)[C@H]2N2C(=O)c3ccccc3C2=O)[C@H](OC(C)=O)[C@H]1N1C(=O)c2ccccc2C1=O. The van der Waals surface area contributed by atoms with Crippen LogP contribution >= 0.6 is 0 Å². The molecule has 0 bridgehead atoms. The van der Waals surface area contributed by atoms with Gasteiger partial charge >= 0.3 is 30.0 Å². The zero-order valence-corrected chi connectivity index (χ0v) is 56.1. The molecule has 0 spiro atoms. The minimum atomic E-state index is -3.81. The van der Waals surface area contributed by atoms with Crippen LogP contribution in [0.4, 0.5) is 4.79 Å². The molecule has 0 aromatic heterocycles. The van der Waals surface area contributed by atoms with E-state index in [9.17, 15) is 28.8 Å². The molecule has 5 aliphatic rings. The molecule has 3 saturated heterocycles. The number of carbonyl (C=O) groups excluding carboxylic acids is 10. The minimum absolute atomic E-state index is 0.00973. The summed E-state index contributed by atoms with van der Waals surface area (Å²) in [6.07, 6.45) is -23.6. The Labute approximate surface area is 570 Å². The van der Waals surface area contributed by atoms with Crippen LogP contribution in [-0.4, -0.2) is 196 Å². The molecule has 15 atom stereocenters. The predicted octanol–water partition coefficient (Wildman–Crippen LogP) is 5.04. The Hall–Kier alpha value is -9.62. The van der Waals surface area contributed by atoms with E-state index in [0.717, 1.165) is 38.1 Å². The fraction of sp³-hybridized carbons (Fsp3) is 0.380. The molecule has 28 heteroatoms. The van der Waals surface area contributed by atoms with Crippen molar-refractivity contribution in [2.75, 3.05) is 26.4 Å². The minimum Gasteiger partial charge on any atom is -0.463 e. The number of primary amides is 1. The summed E-state index contributed by atoms with van der Waals surface area (Å²) < 4.78 is 90.1. The van der Waals surface area contributed by atoms with Crippen LogP contribution in [0.5, 0.6) is 5.75 Å². The quantitative estimate of drug-likeness (QED) is 0.0189. The van der Waals surface area contributed by atoms with Gasteiger partial charge in [-0.25, -0.2) is 4.79 Å². The number of hydrogen-bond donors (Lipinski definition) is 1. The Morgan fingerprint density at radius 3 is 1.37 bits per heavy atom. The summed E-state index contributed by atoms with van der Waals surface area (Å²) in [6.45, 7) is 15.5. The van der Waals surface area contributed by atoms with Crippen LogP contribution in [0, 0.1) is 0 Å². The van der Waals surface area contributed by atoms with Gasteiger partial charge in [0.05, 0.1) is 42.1 Å². The highest BCUT2D eigenvalue weighted by Crippen LogP contribution is 2.44. The zero-order chi connectivity index (χ0) is 71.0. The van der Waals surface area contributed by atoms with Crippen molar-refractivity contribution in [2.45, 2.75) is 145 Å². The first kappa shape index (κ1) is 72.1. The summed E-state index contributed by atoms with van der Waals surface area (Å²) in [5.41, 5.74) is 5.51. The number of fused-ring (bicyclic) bond motifs is 2. The molecule has 3 fully saturated rings. The van der Waals surface area contributed by atoms with Crippen molar-refractivity contribution < 1.29 is 114 Å². The smallest absolute Gasteiger partial charge is 0.463 e. The highest BCUT2D eigenvalue weighted by atomic mass is 28.4. The van der Waals surface area contributed by atoms with E-state index in [1.807, 2.05) is 81.4 Å². The van der Waals surface area contributed by atoms with Crippen molar-refractivity contribution >= 4 is 78.3 Å². The maximum atomic E-state index is 15.5. The third kappa shape index (κ3) is 15.2. The van der Waals surface area contributed by atoms with Gasteiger partial charge in [-0.1, -0.05) is 136 Å². The third-order valence-corrected chi connectivity index (χ3v) is 22.0. The van der Waals surface area contributed by atoms with Crippen molar-refractivity contribution in [3.63, 3.8) is 0 Å². The van der Waals surface area contributed by atoms with E-state index in [1.54, 1.807) is 18.2 Å². The van der Waals surface area contributed by atoms with Crippen molar-refractivity contribution in [3.8, 4) is 5.75 Å². The number of rotatable bonds is 26. The van der Waals surface area contributed by atoms with Crippen LogP contribution < -0.4 is 20.8 Å². The molecular formula is C71H75N3O24Si. The van der Waals surface area contributed by atoms with Gasteiger partial charge in [0.15, 0.2) is 55.5 Å². The van der Waals surface area contributed by atoms with Gasteiger partial charge in [0.2, 0.25) is 5.91 Å². The van der Waals surface area contributed by atoms with Crippen LogP contribution in [0.15, 0.2) is 165 Å². The highest BCUT2D eigenvalue weighted by molar-refractivity contribution is 6.99. The maximum absolute atomic E-state index is 15.5. The van der Waals surface area contributed by atoms with Crippen molar-refractivity contribution in [1.29, 1.82) is 0 Å². The number of nitrogens with zero attached hydrogens (tertiary/aromatic N) is 2. The van der Waals surface area contributed by atoms with E-state index in [0.29, 0.717) is 9.80 Å². The second-order valence-electron chi connectivity index (χ2n) is 24.6. The summed E-state index contributed by atoms with van der Waals surface area (Å²) in [5, 5.41) is 0.670. The summed E-state index contributed by atoms with van der Waals surface area (Å²) >= 11 is 0. The van der Waals surface area contributed by atoms with Gasteiger partial charge in [-0.15, -0.1) is 13.2 Å². The van der Waals surface area contributed by atoms with E-state index in [4.69, 9.17) is 71.7 Å². The van der Waals surface area contributed by atoms with Gasteiger partial charge in [-0.2, -0.15) is 0 Å². The Kier molecular flexibility index (Phi) is 22.6. The molecule has 5 aromatic rings. The van der Waals surface area contributed by atoms with Crippen LogP contribution in [0.1, 0.15) is 89.9 Å². The predicted molar refractivity (Wildman–Crippen MR) is 347 cm³/mol. The topological polar surface area (TPSA) is 332 Å². The first-order valence-electron chi connectivity index (χ1n) is 31.7. The zero-order valence-electron chi connectivity index (χ0n) is 55.1. The van der Waals surface area contributed by atoms with Crippen LogP contribution in [0.25, 0.3) is 0 Å². The molecule has 10 rings (SSSR count). The Morgan fingerprint density at radius 1 is 0.515 bits per heavy atom. The lowest BCUT2D eigenvalue weighted by molar-refractivity contribution is -0.350. The number of carbonyl (C=O) groups is 10. The Morgan fingerprint density at radius 2 is 0.939 bits per heavy atom. The largest absolute Gasteiger partial charge is 0.514 e. The summed E-state index contributed by atoms with van der Waals surface area (Å²) in [4.78, 5) is 144. The van der Waals surface area contributed by atoms with E-state index >= 15 is 19.2 Å². The molecule has 99 heavy (non-hydrogen) atoms. The number of esters is 4. The lowest BCUT2D eigenvalue weighted by Gasteiger charge is -2.52. The number of amides is 5. The maximum Gasteiger partial charge on any atom is 0.514 e. The van der Waals surface area contributed by atoms with Gasteiger partial charge in [0.25, 0.3) is 31.9 Å². The molecule has 0 saturated carbocycles. The van der Waals surface area contributed by atoms with Crippen molar-refractivity contribution in [3.05, 3.63) is 187 Å². The second-order valence-corrected chi connectivity index (χ2v) is 28.9. The molecule has 522 valence electrons. The van der Waals surface area contributed by atoms with Crippen molar-refractivity contribution in [1.82, 2.24) is 9.80 Å². The number of imide groups is 2. The lowest BCUT2D eigenvalue weighted by atomic mass is 9.92. The standard InChI is InChI=1S/C71H75N3O24Si/c1-10-35-85-60(62(72)79)58-59(98-70(84)92-43-25-15-12-16-26-43)61(69(96-58)86-36-11-2)97-68-53(74-65(82)48-33-23-24-34-49(48)66(74)83)57(91-42(6)78)55(51(94-68)38-88-99(71(7,8)9,44-27-17-13-18-28-44)45-29-19-14-20-30-45)95-67-52(73-63(80)46-31-21-22-32-47(46)64(73)81)56(90-41(5)77)54(89-40(4)76)50(93-67)37-87-39(3)75/h10-34,50-61,67-69H,1-2,35-38H2,3-9H3,(H2,72,79)/t50-,51-,52-,53-,54-,55-,56-,57-,58?,59+,60+,61-,67+,68+,69+/m1/s1. The van der Waals surface area contributed by atoms with E-state index in [2.05, 4.69) is 13.2 Å². The fourth-order valence-electron chi connectivity index (χ4n) is 13.1. The molecular weight excluding hydrogens is 1310 g/mol. The average Bonchev–Trinajstić information content (AvgIpc) is 1.69. The summed E-state index contributed by atoms with van der Waals surface area (Å²) in [5.74, 6) is -9.03. The molecule has 5 heterocycles. The first-order chi connectivity index (χ1) is 47.4. The van der Waals surface area contributed by atoms with E-state index in [-0.39, 0.29) is 41.2 Å². The molecule has 27 nitrogen and oxygen atoms in total. The van der Waals surface area contributed by atoms with E-state index < -0.39 is 178 Å². The second kappa shape index (κ2) is 31.1. The number of nitrogens with two attached hydrogens (primary N) is 1. The van der Waals surface area contributed by atoms with Gasteiger partial charge in [0, 0.05) is 27.7 Å². The highest BCUT2D eigenvalue weighted by Gasteiger charge is 2.64. The average molecular weight is 1380 g/mol. The number of para-hydroxylation sites is 1. The number of hydrogen-bond acceptors (Lipinski definition) is 24. The van der Waals surface area contributed by atoms with Crippen LogP contribution in [0.3, 0.4) is 0 Å². The third-order valence-electron chi connectivity index (χ3n) is 17.0. The fourth-order valence-corrected chi connectivity index (χ4v) is 17.7. The first-order valence-corrected chi connectivity index (χ1v) is 33.6. The normalized spacial score (nSPS) is 26.1.